The van der Waals surface area contributed by atoms with Gasteiger partial charge in [-0.1, -0.05) is 352 Å². The van der Waals surface area contributed by atoms with Crippen LogP contribution in [0.4, 0.5) is 0 Å². The van der Waals surface area contributed by atoms with Gasteiger partial charge in [-0.3, -0.25) is 36.5 Å². The van der Waals surface area contributed by atoms with Crippen LogP contribution in [0.3, 0.4) is 0 Å². The predicted octanol–water partition coefficient (Wildman–Crippen LogP) is 30.8. The minimum absolute atomic E-state index is 0.923. The number of nitrogens with zero attached hydrogens (tertiary/aromatic N) is 16. The van der Waals surface area contributed by atoms with Crippen LogP contribution in [-0.2, 0) is 0 Å². The van der Waals surface area contributed by atoms with Crippen LogP contribution in [-0.4, -0.2) is 76.4 Å². The van der Waals surface area contributed by atoms with Gasteiger partial charge in [-0.25, -0.2) is 39.9 Å². The molecule has 0 aliphatic rings. The fourth-order valence-electron chi connectivity index (χ4n) is 19.9. The van der Waals surface area contributed by atoms with Crippen molar-refractivity contribution in [3.63, 3.8) is 0 Å². The second kappa shape index (κ2) is 37.9. The molecule has 8 aromatic heterocycles. The molecule has 0 aliphatic carbocycles. The normalized spacial score (nSPS) is 11.3. The molecule has 28 rings (SSSR count). The first-order valence-electron chi connectivity index (χ1n) is 48.1. The molecule has 0 spiro atoms. The van der Waals surface area contributed by atoms with E-state index in [-0.39, 0.29) is 0 Å². The van der Waals surface area contributed by atoms with Crippen LogP contribution < -0.4 is 0 Å². The summed E-state index contributed by atoms with van der Waals surface area (Å²) in [5.74, 6) is 3.71. The highest BCUT2D eigenvalue weighted by atomic mass is 15.1. The Morgan fingerprint density at radius 3 is 0.625 bits per heavy atom. The van der Waals surface area contributed by atoms with Crippen LogP contribution >= 0.6 is 0 Å². The third kappa shape index (κ3) is 16.1. The molecule has 0 unspecified atom stereocenters. The number of hydrogen-bond donors (Lipinski definition) is 0. The molecule has 0 atom stereocenters. The number of rotatable bonds is 16. The average molecular weight is 1850 g/mol. The third-order valence-electron chi connectivity index (χ3n) is 26.5. The number of fused-ring (bicyclic) bond motifs is 8. The molecule has 0 amide bonds. The van der Waals surface area contributed by atoms with E-state index in [0.717, 1.165) is 224 Å². The van der Waals surface area contributed by atoms with Gasteiger partial charge < -0.3 is 0 Å². The molecule has 0 bridgehead atoms. The van der Waals surface area contributed by atoms with Gasteiger partial charge >= 0.3 is 0 Å². The smallest absolute Gasteiger partial charge is 0.145 e. The maximum Gasteiger partial charge on any atom is 0.145 e. The summed E-state index contributed by atoms with van der Waals surface area (Å²) in [6.45, 7) is 0. The topological polar surface area (TPSA) is 143 Å². The molecule has 0 saturated carbocycles. The molecular formula is C128H88N16. The van der Waals surface area contributed by atoms with Gasteiger partial charge in [0.25, 0.3) is 0 Å². The average Bonchev–Trinajstić information content (AvgIpc) is 1.59. The summed E-state index contributed by atoms with van der Waals surface area (Å²) < 4.78 is 17.7. The van der Waals surface area contributed by atoms with Crippen LogP contribution in [0, 0.1) is 0 Å². The van der Waals surface area contributed by atoms with E-state index in [2.05, 4.69) is 469 Å². The highest BCUT2D eigenvalue weighted by Gasteiger charge is 2.25. The second-order valence-electron chi connectivity index (χ2n) is 35.1. The zero-order chi connectivity index (χ0) is 95.6. The summed E-state index contributed by atoms with van der Waals surface area (Å²) in [5, 5.41) is 0. The lowest BCUT2D eigenvalue weighted by Gasteiger charge is -2.18. The highest BCUT2D eigenvalue weighted by Crippen LogP contribution is 2.43. The molecule has 0 N–H and O–H groups in total. The first kappa shape index (κ1) is 85.8. The van der Waals surface area contributed by atoms with Crippen LogP contribution in [0.25, 0.3) is 224 Å². The monoisotopic (exact) mass is 1850 g/mol. The zero-order valence-corrected chi connectivity index (χ0v) is 78.0. The Bertz CT molecular complexity index is 9450. The fraction of sp³-hybridized carbons (Fsp3) is 0. The largest absolute Gasteiger partial charge is 0.298 e. The molecule has 0 saturated heterocycles. The molecule has 8 heterocycles. The summed E-state index contributed by atoms with van der Waals surface area (Å²) in [5.41, 5.74) is 38.6. The quantitative estimate of drug-likeness (QED) is 0.0931. The lowest BCUT2D eigenvalue weighted by molar-refractivity contribution is 1.08. The Morgan fingerprint density at radius 2 is 0.326 bits per heavy atom. The molecular weight excluding hydrogens is 1760 g/mol. The maximum atomic E-state index is 5.08. The van der Waals surface area contributed by atoms with Crippen molar-refractivity contribution in [2.24, 2.45) is 0 Å². The van der Waals surface area contributed by atoms with E-state index in [1.807, 2.05) is 122 Å². The van der Waals surface area contributed by atoms with Crippen molar-refractivity contribution in [1.82, 2.24) is 76.4 Å². The minimum atomic E-state index is 0.923. The first-order valence-corrected chi connectivity index (χ1v) is 48.1. The van der Waals surface area contributed by atoms with E-state index >= 15 is 0 Å². The molecule has 28 aromatic rings. The number of aromatic nitrogens is 16. The Kier molecular flexibility index (Phi) is 22.6. The van der Waals surface area contributed by atoms with Crippen molar-refractivity contribution in [3.05, 3.63) is 535 Å². The minimum Gasteiger partial charge on any atom is -0.298 e. The summed E-state index contributed by atoms with van der Waals surface area (Å²) in [7, 11) is 0. The lowest BCUT2D eigenvalue weighted by atomic mass is 10.0. The van der Waals surface area contributed by atoms with Crippen molar-refractivity contribution >= 4 is 88.3 Å². The van der Waals surface area contributed by atoms with Crippen LogP contribution in [0.1, 0.15) is 0 Å². The van der Waals surface area contributed by atoms with E-state index < -0.39 is 0 Å². The van der Waals surface area contributed by atoms with Gasteiger partial charge in [0.2, 0.25) is 0 Å². The van der Waals surface area contributed by atoms with Gasteiger partial charge in [0.05, 0.1) is 122 Å². The van der Waals surface area contributed by atoms with E-state index in [1.54, 1.807) is 0 Å². The lowest BCUT2D eigenvalue weighted by Crippen LogP contribution is -2.02. The SMILES string of the molecule is c1ccc(-c2nc3ccccc3n2-c2cccc(-c3ccccc3-n3c(-c4ccccc4)nc4ccccc43)c2)cc1.c1ccc(-c2nc3ccccc3n2-c2cccc(-c3ccccc3-n3cnc4ccccc43)c2)cc1.c1ccc(-c2nc3ccccc3n2-c2ccccc2-c2ccccc2-n2cnc3ccccc32)cc1.c1ccc(-n2cnc3ccccc32)c(-c2ccccc2-n2cnc3ccccc32)c1. The standard InChI is InChI=1S/C38H26N4.2C32H22N4.C26H18N4/c1-3-14-27(15-4-1)37-39-32-21-8-11-24-35(32)41(37)30-19-13-18-29(26-30)31-20-7-10-23-34(31)42-36-25-12-9-22-33(36)40-38(42)28-16-5-2-6-17-28;1-2-12-23(13-3-1)32-34-27-17-7-11-21-31(27)36(32)29-19-9-5-15-25(29)24-14-4-8-18-28(24)35-22-33-26-16-6-10-20-30(26)35;1-2-11-23(12-3-1)32-34-28-17-6-9-20-31(28)36(32)25-14-10-13-24(21-25)26-15-4-7-18-29(26)35-22-33-27-16-5-8-19-30(27)35;1-5-13-23(29-17-27-21-11-3-7-15-25(21)29)19(9-1)20-10-2-6-14-24(20)30-18-28-22-12-4-8-16-26(22)30/h1-26H;2*1-22H;1-18H. The number of benzene rings is 20. The van der Waals surface area contributed by atoms with E-state index in [9.17, 15) is 0 Å². The van der Waals surface area contributed by atoms with Crippen molar-refractivity contribution < 1.29 is 0 Å². The van der Waals surface area contributed by atoms with Gasteiger partial charge in [0.15, 0.2) is 0 Å². The number of imidazole rings is 8. The highest BCUT2D eigenvalue weighted by molar-refractivity contribution is 5.95. The summed E-state index contributed by atoms with van der Waals surface area (Å²) >= 11 is 0. The van der Waals surface area contributed by atoms with Gasteiger partial charge in [-0.05, 0) is 169 Å². The molecule has 20 aromatic carbocycles. The Balaban J connectivity index is 0.000000101. The second-order valence-corrected chi connectivity index (χ2v) is 35.1. The van der Waals surface area contributed by atoms with Crippen molar-refractivity contribution in [2.45, 2.75) is 0 Å². The molecule has 0 radical (unpaired) electrons. The van der Waals surface area contributed by atoms with Gasteiger partial charge in [0, 0.05) is 67.0 Å². The van der Waals surface area contributed by atoms with Gasteiger partial charge in [-0.15, -0.1) is 0 Å². The Morgan fingerprint density at radius 1 is 0.132 bits per heavy atom. The summed E-state index contributed by atoms with van der Waals surface area (Å²) in [6.07, 6.45) is 7.62. The molecule has 680 valence electrons. The number of hydrogen-bond acceptors (Lipinski definition) is 8. The zero-order valence-electron chi connectivity index (χ0n) is 78.0. The first-order chi connectivity index (χ1) is 71.5. The van der Waals surface area contributed by atoms with E-state index in [1.165, 1.54) is 0 Å². The molecule has 16 nitrogen and oxygen atoms in total. The third-order valence-corrected chi connectivity index (χ3v) is 26.5. The molecule has 0 aliphatic heterocycles. The number of para-hydroxylation sites is 22. The molecule has 144 heavy (non-hydrogen) atoms. The van der Waals surface area contributed by atoms with Gasteiger partial charge in [0.1, 0.15) is 48.6 Å². The van der Waals surface area contributed by atoms with Crippen LogP contribution in [0.15, 0.2) is 535 Å². The summed E-state index contributed by atoms with van der Waals surface area (Å²) in [4.78, 5) is 38.6. The van der Waals surface area contributed by atoms with Crippen molar-refractivity contribution in [2.75, 3.05) is 0 Å². The Hall–Kier alpha value is -19.8. The molecule has 16 heteroatoms. The van der Waals surface area contributed by atoms with Crippen molar-refractivity contribution in [3.8, 4) is 136 Å². The van der Waals surface area contributed by atoms with E-state index in [4.69, 9.17) is 19.9 Å². The summed E-state index contributed by atoms with van der Waals surface area (Å²) in [6, 6.07) is 176. The Labute approximate surface area is 829 Å². The van der Waals surface area contributed by atoms with Crippen molar-refractivity contribution in [1.29, 1.82) is 0 Å². The van der Waals surface area contributed by atoms with Crippen LogP contribution in [0.5, 0.6) is 0 Å². The molecule has 0 fully saturated rings. The van der Waals surface area contributed by atoms with Crippen LogP contribution in [0.2, 0.25) is 0 Å². The maximum absolute atomic E-state index is 5.08. The fourth-order valence-corrected chi connectivity index (χ4v) is 19.9. The van der Waals surface area contributed by atoms with E-state index in [0.29, 0.717) is 0 Å². The van der Waals surface area contributed by atoms with Gasteiger partial charge in [-0.2, -0.15) is 0 Å². The predicted molar refractivity (Wildman–Crippen MR) is 586 cm³/mol.